The predicted octanol–water partition coefficient (Wildman–Crippen LogP) is 1.98. The van der Waals surface area contributed by atoms with Crippen LogP contribution in [0.2, 0.25) is 0 Å². The van der Waals surface area contributed by atoms with Gasteiger partial charge in [-0.15, -0.1) is 4.52 Å². The summed E-state index contributed by atoms with van der Waals surface area (Å²) in [7, 11) is 0. The fourth-order valence-electron chi connectivity index (χ4n) is 2.44. The first-order valence-corrected chi connectivity index (χ1v) is 6.36. The lowest BCUT2D eigenvalue weighted by atomic mass is 10.1. The van der Waals surface area contributed by atoms with Gasteiger partial charge in [0.05, 0.1) is 9.67 Å². The normalized spacial score (nSPS) is 11.2. The number of nitro groups is 1. The molecule has 1 N–H and O–H groups in total. The third-order valence-electron chi connectivity index (χ3n) is 3.43. The molecule has 4 rings (SSSR count). The largest absolute Gasteiger partial charge is 0.269 e. The Bertz CT molecular complexity index is 968. The molecule has 2 aromatic carbocycles. The van der Waals surface area contributed by atoms with Crippen molar-refractivity contribution in [2.24, 2.45) is 0 Å². The summed E-state index contributed by atoms with van der Waals surface area (Å²) >= 11 is 0. The molecule has 0 aliphatic rings. The van der Waals surface area contributed by atoms with Crippen LogP contribution in [0.5, 0.6) is 0 Å². The third kappa shape index (κ3) is 1.68. The van der Waals surface area contributed by atoms with Crippen LogP contribution in [0, 0.1) is 10.1 Å². The molecule has 0 bridgehead atoms. The van der Waals surface area contributed by atoms with Crippen LogP contribution in [-0.4, -0.2) is 19.9 Å². The minimum Gasteiger partial charge on any atom is -0.258 e. The highest BCUT2D eigenvalue weighted by Gasteiger charge is 2.18. The topological polar surface area (TPSA) is 80.3 Å². The van der Waals surface area contributed by atoms with Crippen LogP contribution < -0.4 is 4.52 Å². The van der Waals surface area contributed by atoms with E-state index < -0.39 is 4.92 Å². The molecule has 7 nitrogen and oxygen atoms in total. The molecule has 0 radical (unpaired) electrons. The van der Waals surface area contributed by atoms with Crippen molar-refractivity contribution in [3.63, 3.8) is 0 Å². The fourth-order valence-corrected chi connectivity index (χ4v) is 2.44. The van der Waals surface area contributed by atoms with Gasteiger partial charge in [0.25, 0.3) is 5.69 Å². The lowest BCUT2D eigenvalue weighted by Gasteiger charge is -1.96. The Kier molecular flexibility index (Phi) is 2.28. The molecule has 0 aliphatic carbocycles. The van der Waals surface area contributed by atoms with Crippen molar-refractivity contribution in [3.05, 3.63) is 64.8 Å². The molecule has 0 saturated heterocycles. The summed E-state index contributed by atoms with van der Waals surface area (Å²) in [5.74, 6) is 0. The van der Waals surface area contributed by atoms with Crippen LogP contribution in [0.3, 0.4) is 0 Å². The molecular formula is C14H10N5O2+. The van der Waals surface area contributed by atoms with Gasteiger partial charge < -0.3 is 0 Å². The zero-order valence-electron chi connectivity index (χ0n) is 10.8. The third-order valence-corrected chi connectivity index (χ3v) is 3.43. The van der Waals surface area contributed by atoms with Crippen LogP contribution in [0.4, 0.5) is 5.69 Å². The van der Waals surface area contributed by atoms with Gasteiger partial charge in [0.1, 0.15) is 0 Å². The Hall–Kier alpha value is -3.22. The summed E-state index contributed by atoms with van der Waals surface area (Å²) < 4.78 is 3.57. The number of hydrogen-bond donors (Lipinski definition) is 1. The molecule has 102 valence electrons. The van der Waals surface area contributed by atoms with Gasteiger partial charge in [-0.05, 0) is 24.3 Å². The molecule has 0 aliphatic heterocycles. The number of rotatable bonds is 2. The number of non-ortho nitro benzene ring substituents is 1. The zero-order valence-corrected chi connectivity index (χ0v) is 10.8. The maximum Gasteiger partial charge on any atom is 0.269 e. The highest BCUT2D eigenvalue weighted by atomic mass is 16.6. The standard InChI is InChI=1S/C14H10N5O2/c20-18(21)11-7-5-10(6-8-11)14-9-15-19-16-12-3-1-2-4-13(12)17(14)19/h1-9H,(H,15,16)/q+1. The number of H-pyrrole nitrogens is 1. The van der Waals surface area contributed by atoms with Crippen LogP contribution in [0.25, 0.3) is 22.3 Å². The molecule has 0 unspecified atom stereocenters. The summed E-state index contributed by atoms with van der Waals surface area (Å²) in [4.78, 5) is 10.3. The van der Waals surface area contributed by atoms with E-state index in [-0.39, 0.29) is 5.69 Å². The van der Waals surface area contributed by atoms with Crippen LogP contribution in [0.1, 0.15) is 0 Å². The van der Waals surface area contributed by atoms with E-state index in [4.69, 9.17) is 0 Å². The number of benzene rings is 2. The number of aromatic nitrogens is 4. The molecule has 4 aromatic rings. The minimum absolute atomic E-state index is 0.0751. The number of fused-ring (bicyclic) bond motifs is 3. The van der Waals surface area contributed by atoms with E-state index in [1.165, 1.54) is 12.1 Å². The van der Waals surface area contributed by atoms with Crippen molar-refractivity contribution < 1.29 is 9.44 Å². The van der Waals surface area contributed by atoms with E-state index in [0.29, 0.717) is 0 Å². The monoisotopic (exact) mass is 280 g/mol. The van der Waals surface area contributed by atoms with Gasteiger partial charge in [-0.25, -0.2) is 0 Å². The molecule has 0 atom stereocenters. The lowest BCUT2D eigenvalue weighted by Crippen LogP contribution is -2.28. The van der Waals surface area contributed by atoms with E-state index in [9.17, 15) is 10.1 Å². The molecule has 0 saturated carbocycles. The first-order valence-electron chi connectivity index (χ1n) is 6.36. The molecule has 0 fully saturated rings. The predicted molar refractivity (Wildman–Crippen MR) is 74.8 cm³/mol. The second-order valence-electron chi connectivity index (χ2n) is 4.66. The number of hydrogen-bond acceptors (Lipinski definition) is 3. The fraction of sp³-hybridized carbons (Fsp3) is 0. The summed E-state index contributed by atoms with van der Waals surface area (Å²) in [6.07, 6.45) is 1.73. The van der Waals surface area contributed by atoms with Crippen molar-refractivity contribution in [1.82, 2.24) is 14.9 Å². The second kappa shape index (κ2) is 4.14. The van der Waals surface area contributed by atoms with Crippen molar-refractivity contribution in [2.45, 2.75) is 0 Å². The summed E-state index contributed by atoms with van der Waals surface area (Å²) in [6, 6.07) is 14.3. The SMILES string of the molecule is O=[N+]([O-])c1ccc(-c2cnn3[nH]c4ccccc4[n+]23)cc1. The Morgan fingerprint density at radius 3 is 2.67 bits per heavy atom. The van der Waals surface area contributed by atoms with Crippen LogP contribution >= 0.6 is 0 Å². The van der Waals surface area contributed by atoms with Crippen molar-refractivity contribution in [1.29, 1.82) is 0 Å². The molecule has 0 spiro atoms. The number of nitrogens with one attached hydrogen (secondary N) is 1. The Labute approximate surface area is 118 Å². The maximum atomic E-state index is 10.7. The second-order valence-corrected chi connectivity index (χ2v) is 4.66. The summed E-state index contributed by atoms with van der Waals surface area (Å²) in [6.45, 7) is 0. The van der Waals surface area contributed by atoms with Gasteiger partial charge in [-0.3, -0.25) is 10.1 Å². The molecule has 21 heavy (non-hydrogen) atoms. The van der Waals surface area contributed by atoms with Crippen LogP contribution in [0.15, 0.2) is 54.7 Å². The Morgan fingerprint density at radius 1 is 1.14 bits per heavy atom. The molecular weight excluding hydrogens is 270 g/mol. The first-order chi connectivity index (χ1) is 10.2. The van der Waals surface area contributed by atoms with Gasteiger partial charge in [-0.1, -0.05) is 12.1 Å². The molecule has 0 amide bonds. The lowest BCUT2D eigenvalue weighted by molar-refractivity contribution is -0.587. The van der Waals surface area contributed by atoms with Crippen molar-refractivity contribution in [2.75, 3.05) is 0 Å². The average Bonchev–Trinajstić information content (AvgIpc) is 3.06. The number of nitro benzene ring substituents is 1. The zero-order chi connectivity index (χ0) is 14.4. The van der Waals surface area contributed by atoms with Gasteiger partial charge in [0.15, 0.2) is 22.9 Å². The highest BCUT2D eigenvalue weighted by Crippen LogP contribution is 2.20. The van der Waals surface area contributed by atoms with E-state index in [0.717, 1.165) is 22.3 Å². The molecule has 7 heteroatoms. The van der Waals surface area contributed by atoms with Gasteiger partial charge in [0.2, 0.25) is 0 Å². The van der Waals surface area contributed by atoms with Gasteiger partial charge in [-0.2, -0.15) is 5.10 Å². The minimum atomic E-state index is -0.407. The van der Waals surface area contributed by atoms with Gasteiger partial charge >= 0.3 is 0 Å². The van der Waals surface area contributed by atoms with E-state index in [2.05, 4.69) is 10.2 Å². The molecule has 2 aromatic heterocycles. The van der Waals surface area contributed by atoms with Crippen molar-refractivity contribution >= 4 is 16.7 Å². The van der Waals surface area contributed by atoms with E-state index >= 15 is 0 Å². The maximum absolute atomic E-state index is 10.7. The first kappa shape index (κ1) is 11.6. The van der Waals surface area contributed by atoms with E-state index in [1.807, 2.05) is 28.8 Å². The summed E-state index contributed by atoms with van der Waals surface area (Å²) in [5.41, 5.74) is 3.76. The summed E-state index contributed by atoms with van der Waals surface area (Å²) in [5, 5.41) is 18.2. The number of nitrogens with zero attached hydrogens (tertiary/aromatic N) is 4. The number of aromatic amines is 1. The average molecular weight is 280 g/mol. The Balaban J connectivity index is 1.95. The van der Waals surface area contributed by atoms with Gasteiger partial charge in [0, 0.05) is 22.8 Å². The highest BCUT2D eigenvalue weighted by molar-refractivity contribution is 5.71. The molecule has 2 heterocycles. The smallest absolute Gasteiger partial charge is 0.258 e. The Morgan fingerprint density at radius 2 is 1.90 bits per heavy atom. The van der Waals surface area contributed by atoms with E-state index in [1.54, 1.807) is 23.1 Å². The number of para-hydroxylation sites is 2. The quantitative estimate of drug-likeness (QED) is 0.346. The van der Waals surface area contributed by atoms with Crippen molar-refractivity contribution in [3.8, 4) is 11.3 Å². The van der Waals surface area contributed by atoms with Crippen LogP contribution in [-0.2, 0) is 0 Å².